The van der Waals surface area contributed by atoms with E-state index in [0.29, 0.717) is 0 Å². The van der Waals surface area contributed by atoms with E-state index in [9.17, 15) is 0 Å². The third-order valence-corrected chi connectivity index (χ3v) is 1.28. The maximum atomic E-state index is 9.02. The van der Waals surface area contributed by atoms with Gasteiger partial charge in [0.15, 0.2) is 0 Å². The molecule has 1 nitrogen and oxygen atoms in total. The predicted molar refractivity (Wildman–Crippen MR) is 45.6 cm³/mol. The van der Waals surface area contributed by atoms with Crippen LogP contribution in [0.25, 0.3) is 0 Å². The summed E-state index contributed by atoms with van der Waals surface area (Å²) in [4.78, 5) is 0. The van der Waals surface area contributed by atoms with E-state index >= 15 is 0 Å². The van der Waals surface area contributed by atoms with Crippen molar-refractivity contribution in [2.24, 2.45) is 0 Å². The first kappa shape index (κ1) is 10.1. The van der Waals surface area contributed by atoms with E-state index in [1.54, 1.807) is 6.92 Å². The zero-order chi connectivity index (χ0) is 6.69. The second kappa shape index (κ2) is 4.85. The molecule has 54 valence electrons. The van der Waals surface area contributed by atoms with Gasteiger partial charge in [-0.25, -0.2) is 0 Å². The zero-order valence-electron chi connectivity index (χ0n) is 6.12. The second-order valence-electron chi connectivity index (χ2n) is 2.09. The van der Waals surface area contributed by atoms with Crippen molar-refractivity contribution in [3.05, 3.63) is 35.9 Å². The Labute approximate surface area is 81.2 Å². The van der Waals surface area contributed by atoms with Crippen molar-refractivity contribution in [1.29, 1.82) is 0 Å². The fourth-order valence-electron chi connectivity index (χ4n) is 0.732. The third kappa shape index (κ3) is 2.79. The van der Waals surface area contributed by atoms with Crippen molar-refractivity contribution >= 4 is 27.3 Å². The Balaban J connectivity index is 0.000000810. The fourth-order valence-corrected chi connectivity index (χ4v) is 0.732. The molecule has 0 aliphatic rings. The summed E-state index contributed by atoms with van der Waals surface area (Å²) in [5.41, 5.74) is 0.970. The molecule has 0 bridgehead atoms. The van der Waals surface area contributed by atoms with E-state index in [2.05, 4.69) is 0 Å². The van der Waals surface area contributed by atoms with Crippen LogP contribution < -0.4 is 0 Å². The van der Waals surface area contributed by atoms with E-state index in [1.807, 2.05) is 30.3 Å². The summed E-state index contributed by atoms with van der Waals surface area (Å²) in [6, 6.07) is 9.59. The molecule has 1 rings (SSSR count). The van der Waals surface area contributed by atoms with Crippen molar-refractivity contribution in [2.75, 3.05) is 0 Å². The quantitative estimate of drug-likeness (QED) is 0.756. The molecule has 10 heavy (non-hydrogen) atoms. The molecule has 0 aromatic heterocycles. The Hall–Kier alpha value is 0.102. The normalized spacial score (nSPS) is 11.8. The third-order valence-electron chi connectivity index (χ3n) is 1.28. The first-order valence-corrected chi connectivity index (χ1v) is 3.03. The number of aliphatic hydroxyl groups excluding tert-OH is 1. The van der Waals surface area contributed by atoms with Crippen LogP contribution in [-0.4, -0.2) is 32.4 Å². The van der Waals surface area contributed by atoms with Crippen LogP contribution in [0.1, 0.15) is 18.6 Å². The van der Waals surface area contributed by atoms with E-state index in [4.69, 9.17) is 5.11 Å². The molecule has 0 saturated heterocycles. The average molecular weight is 331 g/mol. The average Bonchev–Trinajstić information content (AvgIpc) is 1.90. The van der Waals surface area contributed by atoms with Gasteiger partial charge in [0, 0.05) is 0 Å². The summed E-state index contributed by atoms with van der Waals surface area (Å²) >= 11 is 0. The molecule has 1 atom stereocenters. The molecule has 2 heteroatoms. The van der Waals surface area contributed by atoms with E-state index in [1.165, 1.54) is 0 Å². The SMILES string of the molecule is CC(O)c1ccccc1.[PbH2]. The van der Waals surface area contributed by atoms with Gasteiger partial charge in [0.05, 0.1) is 6.10 Å². The predicted octanol–water partition coefficient (Wildman–Crippen LogP) is 0.824. The maximum absolute atomic E-state index is 9.02. The molecule has 0 aliphatic carbocycles. The van der Waals surface area contributed by atoms with Crippen molar-refractivity contribution < 1.29 is 5.11 Å². The number of benzene rings is 1. The summed E-state index contributed by atoms with van der Waals surface area (Å²) in [5, 5.41) is 9.02. The Morgan fingerprint density at radius 1 is 1.20 bits per heavy atom. The number of aliphatic hydroxyl groups is 1. The Bertz CT molecular complexity index is 172. The van der Waals surface area contributed by atoms with Gasteiger partial charge in [0.25, 0.3) is 0 Å². The van der Waals surface area contributed by atoms with Crippen LogP contribution >= 0.6 is 0 Å². The van der Waals surface area contributed by atoms with Gasteiger partial charge < -0.3 is 5.11 Å². The van der Waals surface area contributed by atoms with Crippen LogP contribution in [0.2, 0.25) is 0 Å². The van der Waals surface area contributed by atoms with Crippen molar-refractivity contribution in [1.82, 2.24) is 0 Å². The molecule has 1 aromatic rings. The fraction of sp³-hybridized carbons (Fsp3) is 0.250. The summed E-state index contributed by atoms with van der Waals surface area (Å²) in [5.74, 6) is 0. The van der Waals surface area contributed by atoms with Crippen LogP contribution in [0, 0.1) is 0 Å². The van der Waals surface area contributed by atoms with Crippen LogP contribution in [0.3, 0.4) is 0 Å². The second-order valence-corrected chi connectivity index (χ2v) is 2.09. The van der Waals surface area contributed by atoms with Gasteiger partial charge >= 0.3 is 27.3 Å². The molecule has 1 unspecified atom stereocenters. The molecule has 0 spiro atoms. The molecule has 2 radical (unpaired) electrons. The van der Waals surface area contributed by atoms with Gasteiger partial charge in [-0.3, -0.25) is 0 Å². The summed E-state index contributed by atoms with van der Waals surface area (Å²) < 4.78 is 0. The van der Waals surface area contributed by atoms with Gasteiger partial charge in [-0.2, -0.15) is 0 Å². The van der Waals surface area contributed by atoms with Crippen LogP contribution in [0.4, 0.5) is 0 Å². The summed E-state index contributed by atoms with van der Waals surface area (Å²) in [6.45, 7) is 1.76. The van der Waals surface area contributed by atoms with E-state index in [0.717, 1.165) is 5.56 Å². The van der Waals surface area contributed by atoms with Crippen LogP contribution in [0.5, 0.6) is 0 Å². The van der Waals surface area contributed by atoms with Gasteiger partial charge in [-0.1, -0.05) is 30.3 Å². The van der Waals surface area contributed by atoms with Gasteiger partial charge in [0.2, 0.25) is 0 Å². The summed E-state index contributed by atoms with van der Waals surface area (Å²) in [6.07, 6.45) is -0.341. The molecule has 0 aliphatic heterocycles. The zero-order valence-corrected chi connectivity index (χ0v) is 11.6. The number of hydrogen-bond acceptors (Lipinski definition) is 1. The Morgan fingerprint density at radius 3 is 2.00 bits per heavy atom. The van der Waals surface area contributed by atoms with Crippen LogP contribution in [0.15, 0.2) is 30.3 Å². The minimum absolute atomic E-state index is 0. The molecule has 0 heterocycles. The Kier molecular flexibility index (Phi) is 4.90. The Morgan fingerprint density at radius 2 is 1.70 bits per heavy atom. The summed E-state index contributed by atoms with van der Waals surface area (Å²) in [7, 11) is 0. The minimum atomic E-state index is -0.341. The van der Waals surface area contributed by atoms with Crippen molar-refractivity contribution in [3.8, 4) is 0 Å². The van der Waals surface area contributed by atoms with Crippen molar-refractivity contribution in [2.45, 2.75) is 13.0 Å². The van der Waals surface area contributed by atoms with Crippen molar-refractivity contribution in [3.63, 3.8) is 0 Å². The van der Waals surface area contributed by atoms with E-state index in [-0.39, 0.29) is 33.4 Å². The number of rotatable bonds is 1. The monoisotopic (exact) mass is 332 g/mol. The molecule has 0 amide bonds. The molecule has 0 saturated carbocycles. The van der Waals surface area contributed by atoms with Gasteiger partial charge in [0.1, 0.15) is 0 Å². The first-order chi connectivity index (χ1) is 4.30. The molecular weight excluding hydrogens is 319 g/mol. The molecule has 0 fully saturated rings. The topological polar surface area (TPSA) is 20.2 Å². The first-order valence-electron chi connectivity index (χ1n) is 3.03. The van der Waals surface area contributed by atoms with E-state index < -0.39 is 0 Å². The van der Waals surface area contributed by atoms with Crippen LogP contribution in [-0.2, 0) is 0 Å². The molecule has 1 aromatic carbocycles. The molecular formula is C8H12OPb. The number of hydrogen-bond donors (Lipinski definition) is 1. The van der Waals surface area contributed by atoms with Gasteiger partial charge in [-0.05, 0) is 12.5 Å². The molecule has 1 N–H and O–H groups in total. The van der Waals surface area contributed by atoms with Gasteiger partial charge in [-0.15, -0.1) is 0 Å². The standard InChI is InChI=1S/C8H10O.Pb.2H/c1-7(9)8-5-3-2-4-6-8;;;/h2-7,9H,1H3;;;.